The topological polar surface area (TPSA) is 101 Å². The van der Waals surface area contributed by atoms with Crippen LogP contribution in [-0.4, -0.2) is 45.3 Å². The molecule has 7 rings (SSSR count). The molecule has 0 unspecified atom stereocenters. The minimum atomic E-state index is -0.308. The van der Waals surface area contributed by atoms with Gasteiger partial charge in [0, 0.05) is 30.0 Å². The summed E-state index contributed by atoms with van der Waals surface area (Å²) in [7, 11) is 1.63. The normalized spacial score (nSPS) is 12.4. The van der Waals surface area contributed by atoms with Crippen molar-refractivity contribution >= 4 is 34.3 Å². The van der Waals surface area contributed by atoms with E-state index in [4.69, 9.17) is 14.8 Å². The van der Waals surface area contributed by atoms with Crippen molar-refractivity contribution in [2.75, 3.05) is 24.3 Å². The van der Waals surface area contributed by atoms with E-state index in [0.717, 1.165) is 56.1 Å². The van der Waals surface area contributed by atoms with Gasteiger partial charge < -0.3 is 20.3 Å². The predicted molar refractivity (Wildman–Crippen MR) is 184 cm³/mol. The first-order chi connectivity index (χ1) is 22.9. The molecule has 0 saturated heterocycles. The molecule has 0 aliphatic carbocycles. The standard InChI is InChI=1S/C38H34N6O3/c1-24-12-16-28(17-13-24)39-38(46)41-33-11-7-8-27-23-43(21-20-31(27)33)37(45)32-22-34(26-14-18-30(47-3)19-15-26)40-36-35(32)25(2)42-44(36)29-9-5-4-6-10-29/h4-19,22H,20-21,23H2,1-3H3,(H2,39,41,46). The van der Waals surface area contributed by atoms with Crippen molar-refractivity contribution in [2.45, 2.75) is 26.8 Å². The van der Waals surface area contributed by atoms with Crippen LogP contribution < -0.4 is 15.4 Å². The van der Waals surface area contributed by atoms with Gasteiger partial charge in [-0.25, -0.2) is 14.5 Å². The highest BCUT2D eigenvalue weighted by atomic mass is 16.5. The van der Waals surface area contributed by atoms with E-state index in [9.17, 15) is 9.59 Å². The molecule has 1 aliphatic heterocycles. The van der Waals surface area contributed by atoms with Gasteiger partial charge in [0.25, 0.3) is 5.91 Å². The zero-order valence-corrected chi connectivity index (χ0v) is 26.4. The summed E-state index contributed by atoms with van der Waals surface area (Å²) in [4.78, 5) is 34.2. The first-order valence-electron chi connectivity index (χ1n) is 15.5. The number of amides is 3. The van der Waals surface area contributed by atoms with Crippen molar-refractivity contribution in [3.8, 4) is 22.7 Å². The van der Waals surface area contributed by atoms with Gasteiger partial charge in [-0.2, -0.15) is 5.10 Å². The highest BCUT2D eigenvalue weighted by Gasteiger charge is 2.28. The highest BCUT2D eigenvalue weighted by Crippen LogP contribution is 2.33. The Labute approximate surface area is 272 Å². The van der Waals surface area contributed by atoms with Gasteiger partial charge in [0.05, 0.1) is 35.1 Å². The molecule has 3 amide bonds. The van der Waals surface area contributed by atoms with Gasteiger partial charge in [0.2, 0.25) is 0 Å². The smallest absolute Gasteiger partial charge is 0.323 e. The summed E-state index contributed by atoms with van der Waals surface area (Å²) in [6.45, 7) is 4.83. The van der Waals surface area contributed by atoms with Gasteiger partial charge in [-0.1, -0.05) is 48.0 Å². The van der Waals surface area contributed by atoms with E-state index in [1.165, 1.54) is 0 Å². The molecule has 0 bridgehead atoms. The monoisotopic (exact) mass is 622 g/mol. The van der Waals surface area contributed by atoms with E-state index in [1.807, 2.05) is 122 Å². The second kappa shape index (κ2) is 12.4. The second-order valence-electron chi connectivity index (χ2n) is 11.7. The van der Waals surface area contributed by atoms with Crippen molar-refractivity contribution < 1.29 is 14.3 Å². The third kappa shape index (κ3) is 5.91. The molecule has 6 aromatic rings. The molecule has 0 radical (unpaired) electrons. The van der Waals surface area contributed by atoms with Crippen LogP contribution in [0, 0.1) is 13.8 Å². The number of aromatic nitrogens is 3. The number of benzene rings is 4. The lowest BCUT2D eigenvalue weighted by molar-refractivity contribution is 0.0736. The number of nitrogens with one attached hydrogen (secondary N) is 2. The number of aryl methyl sites for hydroxylation is 2. The van der Waals surface area contributed by atoms with Crippen LogP contribution in [0.3, 0.4) is 0 Å². The minimum Gasteiger partial charge on any atom is -0.497 e. The van der Waals surface area contributed by atoms with Gasteiger partial charge in [0.15, 0.2) is 5.65 Å². The Kier molecular flexibility index (Phi) is 7.87. The number of para-hydroxylation sites is 1. The molecular formula is C38H34N6O3. The Bertz CT molecular complexity index is 2100. The summed E-state index contributed by atoms with van der Waals surface area (Å²) in [5.41, 5.74) is 8.91. The molecule has 0 spiro atoms. The molecule has 1 aliphatic rings. The van der Waals surface area contributed by atoms with Crippen LogP contribution >= 0.6 is 0 Å². The first-order valence-corrected chi connectivity index (χ1v) is 15.5. The molecule has 0 atom stereocenters. The average Bonchev–Trinajstić information content (AvgIpc) is 3.45. The average molecular weight is 623 g/mol. The van der Waals surface area contributed by atoms with Crippen molar-refractivity contribution in [1.82, 2.24) is 19.7 Å². The molecule has 0 saturated carbocycles. The third-order valence-electron chi connectivity index (χ3n) is 8.54. The lowest BCUT2D eigenvalue weighted by Crippen LogP contribution is -2.36. The lowest BCUT2D eigenvalue weighted by Gasteiger charge is -2.30. The summed E-state index contributed by atoms with van der Waals surface area (Å²) in [5.74, 6) is 0.647. The number of anilines is 2. The van der Waals surface area contributed by atoms with Crippen molar-refractivity contribution in [3.63, 3.8) is 0 Å². The van der Waals surface area contributed by atoms with Crippen LogP contribution in [0.4, 0.5) is 16.2 Å². The fourth-order valence-corrected chi connectivity index (χ4v) is 6.11. The van der Waals surface area contributed by atoms with E-state index < -0.39 is 0 Å². The maximum Gasteiger partial charge on any atom is 0.323 e. The Hall–Kier alpha value is -5.96. The SMILES string of the molecule is COc1ccc(-c2cc(C(=O)N3CCc4c(cccc4NC(=O)Nc4ccc(C)cc4)C3)c3c(C)nn(-c4ccccc4)c3n2)cc1. The third-order valence-corrected chi connectivity index (χ3v) is 8.54. The Morgan fingerprint density at radius 2 is 1.62 bits per heavy atom. The second-order valence-corrected chi connectivity index (χ2v) is 11.7. The lowest BCUT2D eigenvalue weighted by atomic mass is 9.96. The maximum absolute atomic E-state index is 14.5. The van der Waals surface area contributed by atoms with Gasteiger partial charge in [-0.3, -0.25) is 4.79 Å². The molecule has 9 nitrogen and oxygen atoms in total. The number of carbonyl (C=O) groups is 2. The van der Waals surface area contributed by atoms with Crippen molar-refractivity contribution in [3.05, 3.63) is 131 Å². The molecule has 47 heavy (non-hydrogen) atoms. The molecule has 234 valence electrons. The quantitative estimate of drug-likeness (QED) is 0.200. The van der Waals surface area contributed by atoms with Crippen LogP contribution in [0.15, 0.2) is 103 Å². The fraction of sp³-hybridized carbons (Fsp3) is 0.158. The van der Waals surface area contributed by atoms with E-state index >= 15 is 0 Å². The largest absolute Gasteiger partial charge is 0.497 e. The van der Waals surface area contributed by atoms with Crippen molar-refractivity contribution in [2.24, 2.45) is 0 Å². The summed E-state index contributed by atoms with van der Waals surface area (Å²) in [5, 5.41) is 11.5. The molecule has 2 N–H and O–H groups in total. The van der Waals surface area contributed by atoms with Gasteiger partial charge in [-0.15, -0.1) is 0 Å². The number of nitrogens with zero attached hydrogens (tertiary/aromatic N) is 4. The van der Waals surface area contributed by atoms with E-state index in [1.54, 1.807) is 11.8 Å². The Morgan fingerprint density at radius 1 is 0.851 bits per heavy atom. The number of hydrogen-bond donors (Lipinski definition) is 2. The van der Waals surface area contributed by atoms with Crippen LogP contribution in [0.2, 0.25) is 0 Å². The first kappa shape index (κ1) is 29.7. The molecule has 4 aromatic carbocycles. The van der Waals surface area contributed by atoms with E-state index in [-0.39, 0.29) is 11.9 Å². The number of carbonyl (C=O) groups excluding carboxylic acids is 2. The maximum atomic E-state index is 14.5. The molecule has 9 heteroatoms. The van der Waals surface area contributed by atoms with E-state index in [2.05, 4.69) is 10.6 Å². The van der Waals surface area contributed by atoms with E-state index in [0.29, 0.717) is 36.4 Å². The van der Waals surface area contributed by atoms with Crippen LogP contribution in [0.1, 0.15) is 32.7 Å². The van der Waals surface area contributed by atoms with Gasteiger partial charge >= 0.3 is 6.03 Å². The number of methoxy groups -OCH3 is 1. The predicted octanol–water partition coefficient (Wildman–Crippen LogP) is 7.56. The van der Waals surface area contributed by atoms with Gasteiger partial charge in [-0.05, 0) is 92.1 Å². The zero-order chi connectivity index (χ0) is 32.5. The summed E-state index contributed by atoms with van der Waals surface area (Å²) in [6.07, 6.45) is 0.601. The van der Waals surface area contributed by atoms with Crippen molar-refractivity contribution in [1.29, 1.82) is 0 Å². The summed E-state index contributed by atoms with van der Waals surface area (Å²) in [6, 6.07) is 32.5. The zero-order valence-electron chi connectivity index (χ0n) is 26.4. The number of fused-ring (bicyclic) bond motifs is 2. The summed E-state index contributed by atoms with van der Waals surface area (Å²) < 4.78 is 7.17. The molecule has 3 heterocycles. The fourth-order valence-electron chi connectivity index (χ4n) is 6.11. The molecule has 2 aromatic heterocycles. The number of pyridine rings is 1. The van der Waals surface area contributed by atoms with Crippen LogP contribution in [-0.2, 0) is 13.0 Å². The molecule has 0 fully saturated rings. The number of ether oxygens (including phenoxy) is 1. The number of hydrogen-bond acceptors (Lipinski definition) is 5. The molecular weight excluding hydrogens is 588 g/mol. The number of rotatable bonds is 6. The Morgan fingerprint density at radius 3 is 2.36 bits per heavy atom. The number of urea groups is 1. The Balaban J connectivity index is 1.21. The highest BCUT2D eigenvalue weighted by molar-refractivity contribution is 6.08. The van der Waals surface area contributed by atoms with Crippen LogP contribution in [0.25, 0.3) is 28.0 Å². The summed E-state index contributed by atoms with van der Waals surface area (Å²) >= 11 is 0. The van der Waals surface area contributed by atoms with Crippen LogP contribution in [0.5, 0.6) is 5.75 Å². The minimum absolute atomic E-state index is 0.0935. The van der Waals surface area contributed by atoms with Gasteiger partial charge in [0.1, 0.15) is 5.75 Å².